The lowest BCUT2D eigenvalue weighted by molar-refractivity contribution is 0.795. The van der Waals surface area contributed by atoms with Crippen LogP contribution in [0.4, 0.5) is 0 Å². The maximum atomic E-state index is 4.11. The Morgan fingerprint density at radius 1 is 1.50 bits per heavy atom. The van der Waals surface area contributed by atoms with Crippen LogP contribution in [-0.4, -0.2) is 9.55 Å². The molecule has 0 aliphatic heterocycles. The molecule has 0 amide bonds. The molecular weight excluding hydrogens is 148 g/mol. The quantitative estimate of drug-likeness (QED) is 0.626. The monoisotopic (exact) mass is 160 g/mol. The molecule has 0 aliphatic rings. The highest BCUT2D eigenvalue weighted by atomic mass is 14.9. The van der Waals surface area contributed by atoms with Crippen molar-refractivity contribution in [1.82, 2.24) is 9.55 Å². The van der Waals surface area contributed by atoms with Crippen LogP contribution in [-0.2, 0) is 6.54 Å². The minimum Gasteiger partial charge on any atom is -0.347 e. The zero-order chi connectivity index (χ0) is 8.55. The first-order valence-electron chi connectivity index (χ1n) is 4.22. The predicted molar refractivity (Wildman–Crippen MR) is 50.1 cm³/mol. The van der Waals surface area contributed by atoms with Gasteiger partial charge in [0.2, 0.25) is 0 Å². The van der Waals surface area contributed by atoms with E-state index in [2.05, 4.69) is 35.7 Å². The fourth-order valence-electron chi connectivity index (χ4n) is 1.58. The molecule has 0 bridgehead atoms. The summed E-state index contributed by atoms with van der Waals surface area (Å²) in [5, 5.41) is 1.26. The van der Waals surface area contributed by atoms with Crippen molar-refractivity contribution in [2.24, 2.45) is 0 Å². The van der Waals surface area contributed by atoms with E-state index in [0.717, 1.165) is 6.54 Å². The molecular formula is C10H12N2. The minimum absolute atomic E-state index is 1.02. The van der Waals surface area contributed by atoms with E-state index in [-0.39, 0.29) is 0 Å². The van der Waals surface area contributed by atoms with Crippen molar-refractivity contribution in [2.75, 3.05) is 0 Å². The summed E-state index contributed by atoms with van der Waals surface area (Å²) in [6.45, 7) is 5.30. The number of fused-ring (bicyclic) bond motifs is 1. The average molecular weight is 160 g/mol. The van der Waals surface area contributed by atoms with Gasteiger partial charge >= 0.3 is 0 Å². The minimum atomic E-state index is 1.02. The summed E-state index contributed by atoms with van der Waals surface area (Å²) in [6.07, 6.45) is 5.94. The van der Waals surface area contributed by atoms with Gasteiger partial charge in [0.05, 0.1) is 5.52 Å². The van der Waals surface area contributed by atoms with E-state index in [0.29, 0.717) is 0 Å². The summed E-state index contributed by atoms with van der Waals surface area (Å²) < 4.78 is 2.24. The van der Waals surface area contributed by atoms with Gasteiger partial charge in [-0.3, -0.25) is 4.98 Å². The summed E-state index contributed by atoms with van der Waals surface area (Å²) >= 11 is 0. The average Bonchev–Trinajstić information content (AvgIpc) is 2.44. The van der Waals surface area contributed by atoms with Gasteiger partial charge in [0.15, 0.2) is 0 Å². The molecule has 2 heteroatoms. The number of aromatic nitrogens is 2. The maximum absolute atomic E-state index is 4.11. The van der Waals surface area contributed by atoms with E-state index in [1.54, 1.807) is 0 Å². The first kappa shape index (κ1) is 7.35. The number of hydrogen-bond acceptors (Lipinski definition) is 1. The second-order valence-electron chi connectivity index (χ2n) is 2.99. The Labute approximate surface area is 71.8 Å². The lowest BCUT2D eigenvalue weighted by Gasteiger charge is -1.97. The van der Waals surface area contributed by atoms with Crippen molar-refractivity contribution in [3.8, 4) is 0 Å². The van der Waals surface area contributed by atoms with Gasteiger partial charge in [-0.1, -0.05) is 0 Å². The lowest BCUT2D eigenvalue weighted by atomic mass is 10.2. The number of aryl methyl sites for hydroxylation is 2. The van der Waals surface area contributed by atoms with Crippen molar-refractivity contribution in [2.45, 2.75) is 20.4 Å². The molecule has 0 spiro atoms. The van der Waals surface area contributed by atoms with E-state index in [9.17, 15) is 0 Å². The highest BCUT2D eigenvalue weighted by Gasteiger charge is 2.01. The molecule has 2 aromatic heterocycles. The van der Waals surface area contributed by atoms with E-state index in [1.165, 1.54) is 16.5 Å². The van der Waals surface area contributed by atoms with Gasteiger partial charge in [-0.25, -0.2) is 0 Å². The molecule has 2 rings (SSSR count). The SMILES string of the molecule is CCn1cc(C)c2cnccc21. The summed E-state index contributed by atoms with van der Waals surface area (Å²) in [5.74, 6) is 0. The molecule has 62 valence electrons. The molecule has 0 fully saturated rings. The van der Waals surface area contributed by atoms with Crippen LogP contribution in [0.25, 0.3) is 10.9 Å². The van der Waals surface area contributed by atoms with Gasteiger partial charge in [0.1, 0.15) is 0 Å². The molecule has 0 unspecified atom stereocenters. The van der Waals surface area contributed by atoms with Gasteiger partial charge in [0.25, 0.3) is 0 Å². The van der Waals surface area contributed by atoms with Crippen LogP contribution in [0.5, 0.6) is 0 Å². The van der Waals surface area contributed by atoms with Gasteiger partial charge in [0, 0.05) is 30.5 Å². The molecule has 0 saturated carbocycles. The van der Waals surface area contributed by atoms with Gasteiger partial charge in [-0.05, 0) is 25.5 Å². The van der Waals surface area contributed by atoms with Crippen molar-refractivity contribution in [1.29, 1.82) is 0 Å². The molecule has 12 heavy (non-hydrogen) atoms. The van der Waals surface area contributed by atoms with Crippen molar-refractivity contribution >= 4 is 10.9 Å². The third kappa shape index (κ3) is 0.916. The second-order valence-corrected chi connectivity index (χ2v) is 2.99. The van der Waals surface area contributed by atoms with Crippen LogP contribution in [0.2, 0.25) is 0 Å². The van der Waals surface area contributed by atoms with E-state index < -0.39 is 0 Å². The van der Waals surface area contributed by atoms with E-state index >= 15 is 0 Å². The Morgan fingerprint density at radius 3 is 3.08 bits per heavy atom. The summed E-state index contributed by atoms with van der Waals surface area (Å²) in [5.41, 5.74) is 2.59. The van der Waals surface area contributed by atoms with Gasteiger partial charge < -0.3 is 4.57 Å². The predicted octanol–water partition coefficient (Wildman–Crippen LogP) is 2.36. The normalized spacial score (nSPS) is 10.8. The molecule has 0 saturated heterocycles. The molecule has 0 radical (unpaired) electrons. The van der Waals surface area contributed by atoms with Crippen LogP contribution in [0.1, 0.15) is 12.5 Å². The number of pyridine rings is 1. The van der Waals surface area contributed by atoms with Crippen LogP contribution in [0.15, 0.2) is 24.7 Å². The van der Waals surface area contributed by atoms with Gasteiger partial charge in [-0.2, -0.15) is 0 Å². The molecule has 0 N–H and O–H groups in total. The molecule has 2 heterocycles. The molecule has 2 aromatic rings. The Hall–Kier alpha value is -1.31. The second kappa shape index (κ2) is 2.63. The van der Waals surface area contributed by atoms with Crippen LogP contribution in [0.3, 0.4) is 0 Å². The van der Waals surface area contributed by atoms with Crippen molar-refractivity contribution < 1.29 is 0 Å². The molecule has 2 nitrogen and oxygen atoms in total. The number of nitrogens with zero attached hydrogens (tertiary/aromatic N) is 2. The maximum Gasteiger partial charge on any atom is 0.0513 e. The summed E-state index contributed by atoms with van der Waals surface area (Å²) in [7, 11) is 0. The Balaban J connectivity index is 2.82. The molecule has 0 aliphatic carbocycles. The van der Waals surface area contributed by atoms with E-state index in [1.807, 2.05) is 12.4 Å². The van der Waals surface area contributed by atoms with Crippen molar-refractivity contribution in [3.63, 3.8) is 0 Å². The standard InChI is InChI=1S/C10H12N2/c1-3-12-7-8(2)9-6-11-5-4-10(9)12/h4-7H,3H2,1-2H3. The Morgan fingerprint density at radius 2 is 2.33 bits per heavy atom. The van der Waals surface area contributed by atoms with Gasteiger partial charge in [-0.15, -0.1) is 0 Å². The highest BCUT2D eigenvalue weighted by Crippen LogP contribution is 2.18. The Bertz CT molecular complexity index is 401. The van der Waals surface area contributed by atoms with Crippen LogP contribution >= 0.6 is 0 Å². The summed E-state index contributed by atoms with van der Waals surface area (Å²) in [4.78, 5) is 4.11. The zero-order valence-corrected chi connectivity index (χ0v) is 7.41. The summed E-state index contributed by atoms with van der Waals surface area (Å²) in [6, 6.07) is 2.06. The number of hydrogen-bond donors (Lipinski definition) is 0. The van der Waals surface area contributed by atoms with E-state index in [4.69, 9.17) is 0 Å². The largest absolute Gasteiger partial charge is 0.347 e. The third-order valence-corrected chi connectivity index (χ3v) is 2.22. The fraction of sp³-hybridized carbons (Fsp3) is 0.300. The molecule has 0 atom stereocenters. The first-order valence-corrected chi connectivity index (χ1v) is 4.22. The van der Waals surface area contributed by atoms with Crippen molar-refractivity contribution in [3.05, 3.63) is 30.2 Å². The third-order valence-electron chi connectivity index (χ3n) is 2.22. The molecule has 0 aromatic carbocycles. The fourth-order valence-corrected chi connectivity index (χ4v) is 1.58. The zero-order valence-electron chi connectivity index (χ0n) is 7.41. The topological polar surface area (TPSA) is 17.8 Å². The number of rotatable bonds is 1. The van der Waals surface area contributed by atoms with Crippen LogP contribution in [0, 0.1) is 6.92 Å². The van der Waals surface area contributed by atoms with Crippen LogP contribution < -0.4 is 0 Å². The Kier molecular flexibility index (Phi) is 1.61. The smallest absolute Gasteiger partial charge is 0.0513 e. The first-order chi connectivity index (χ1) is 5.83. The highest BCUT2D eigenvalue weighted by molar-refractivity contribution is 5.82. The lowest BCUT2D eigenvalue weighted by Crippen LogP contribution is -1.89.